The van der Waals surface area contributed by atoms with Gasteiger partial charge >= 0.3 is 0 Å². The molecule has 0 aliphatic heterocycles. The smallest absolute Gasteiger partial charge is 0.0622 e. The highest BCUT2D eigenvalue weighted by Crippen LogP contribution is 2.13. The Morgan fingerprint density at radius 3 is 1.76 bits per heavy atom. The van der Waals surface area contributed by atoms with E-state index in [4.69, 9.17) is 4.74 Å². The third kappa shape index (κ3) is 26.1. The number of ether oxygens (including phenoxy) is 1. The standard InChI is InChI=1S/C7H16O.C6H14S.C2H6/c1-5-6-7(2,3)8-4;1-6(2)4-5-7-3;1-2/h5-6H2,1-4H3;6H,4-5H2,1-3H3;1-2H3. The summed E-state index contributed by atoms with van der Waals surface area (Å²) in [7, 11) is 1.76. The molecule has 0 aromatic carbocycles. The van der Waals surface area contributed by atoms with Crippen LogP contribution in [0.15, 0.2) is 0 Å². The zero-order valence-corrected chi connectivity index (χ0v) is 14.5. The molecule has 0 N–H and O–H groups in total. The van der Waals surface area contributed by atoms with Crippen LogP contribution in [0.5, 0.6) is 0 Å². The normalized spacial score (nSPS) is 10.2. The minimum atomic E-state index is 0.0920. The second-order valence-corrected chi connectivity index (χ2v) is 5.87. The molecule has 0 radical (unpaired) electrons. The van der Waals surface area contributed by atoms with E-state index in [1.54, 1.807) is 7.11 Å². The quantitative estimate of drug-likeness (QED) is 0.614. The van der Waals surface area contributed by atoms with Gasteiger partial charge in [0.2, 0.25) is 0 Å². The van der Waals surface area contributed by atoms with E-state index in [2.05, 4.69) is 40.9 Å². The first kappa shape index (κ1) is 22.5. The van der Waals surface area contributed by atoms with Crippen molar-refractivity contribution in [3.8, 4) is 0 Å². The van der Waals surface area contributed by atoms with E-state index >= 15 is 0 Å². The zero-order valence-electron chi connectivity index (χ0n) is 13.7. The first-order valence-electron chi connectivity index (χ1n) is 6.93. The van der Waals surface area contributed by atoms with Crippen molar-refractivity contribution in [3.05, 3.63) is 0 Å². The highest BCUT2D eigenvalue weighted by Gasteiger charge is 2.13. The van der Waals surface area contributed by atoms with Gasteiger partial charge in [0.25, 0.3) is 0 Å². The van der Waals surface area contributed by atoms with Gasteiger partial charge in [0, 0.05) is 7.11 Å². The molecule has 0 aliphatic carbocycles. The fraction of sp³-hybridized carbons (Fsp3) is 1.00. The summed E-state index contributed by atoms with van der Waals surface area (Å²) in [4.78, 5) is 0. The van der Waals surface area contributed by atoms with Crippen molar-refractivity contribution in [1.82, 2.24) is 0 Å². The third-order valence-corrected chi connectivity index (χ3v) is 2.95. The molecule has 0 bridgehead atoms. The molecule has 0 saturated heterocycles. The van der Waals surface area contributed by atoms with E-state index in [1.807, 2.05) is 25.6 Å². The van der Waals surface area contributed by atoms with Crippen molar-refractivity contribution in [3.63, 3.8) is 0 Å². The minimum absolute atomic E-state index is 0.0920. The highest BCUT2D eigenvalue weighted by molar-refractivity contribution is 7.98. The first-order chi connectivity index (χ1) is 7.89. The summed E-state index contributed by atoms with van der Waals surface area (Å²) >= 11 is 1.93. The number of hydrogen-bond donors (Lipinski definition) is 0. The average molecular weight is 265 g/mol. The average Bonchev–Trinajstić information content (AvgIpc) is 2.30. The van der Waals surface area contributed by atoms with E-state index in [0.29, 0.717) is 0 Å². The van der Waals surface area contributed by atoms with E-state index < -0.39 is 0 Å². The molecule has 0 saturated carbocycles. The SMILES string of the molecule is CC.CCCC(C)(C)OC.CSCCC(C)C. The lowest BCUT2D eigenvalue weighted by atomic mass is 10.0. The van der Waals surface area contributed by atoms with Crippen LogP contribution in [0, 0.1) is 5.92 Å². The molecule has 0 atom stereocenters. The van der Waals surface area contributed by atoms with Crippen molar-refractivity contribution in [2.24, 2.45) is 5.92 Å². The van der Waals surface area contributed by atoms with Crippen LogP contribution in [0.1, 0.15) is 67.7 Å². The van der Waals surface area contributed by atoms with Gasteiger partial charge in [0.15, 0.2) is 0 Å². The fourth-order valence-electron chi connectivity index (χ4n) is 1.06. The Labute approximate surface area is 115 Å². The molecule has 0 amide bonds. The Bertz CT molecular complexity index is 122. The maximum absolute atomic E-state index is 5.18. The molecule has 108 valence electrons. The zero-order chi connectivity index (χ0) is 14.3. The first-order valence-corrected chi connectivity index (χ1v) is 8.33. The largest absolute Gasteiger partial charge is 0.379 e. The van der Waals surface area contributed by atoms with Crippen LogP contribution in [-0.4, -0.2) is 24.7 Å². The Balaban J connectivity index is -0.000000202. The molecule has 1 nitrogen and oxygen atoms in total. The van der Waals surface area contributed by atoms with Gasteiger partial charge in [-0.15, -0.1) is 0 Å². The van der Waals surface area contributed by atoms with E-state index in [1.165, 1.54) is 18.6 Å². The second-order valence-electron chi connectivity index (χ2n) is 4.89. The second kappa shape index (κ2) is 16.3. The summed E-state index contributed by atoms with van der Waals surface area (Å²) in [5, 5.41) is 0. The number of thioether (sulfide) groups is 1. The maximum Gasteiger partial charge on any atom is 0.0622 e. The van der Waals surface area contributed by atoms with Crippen LogP contribution in [-0.2, 0) is 4.74 Å². The molecule has 2 heteroatoms. The van der Waals surface area contributed by atoms with E-state index in [9.17, 15) is 0 Å². The van der Waals surface area contributed by atoms with Gasteiger partial charge in [-0.2, -0.15) is 11.8 Å². The lowest BCUT2D eigenvalue weighted by Gasteiger charge is -2.21. The predicted molar refractivity (Wildman–Crippen MR) is 85.2 cm³/mol. The van der Waals surface area contributed by atoms with Crippen molar-refractivity contribution in [2.75, 3.05) is 19.1 Å². The van der Waals surface area contributed by atoms with Gasteiger partial charge in [-0.25, -0.2) is 0 Å². The fourth-order valence-corrected chi connectivity index (χ4v) is 1.76. The molecule has 17 heavy (non-hydrogen) atoms. The van der Waals surface area contributed by atoms with Gasteiger partial charge in [0.05, 0.1) is 5.60 Å². The number of rotatable bonds is 6. The van der Waals surface area contributed by atoms with Gasteiger partial charge in [0.1, 0.15) is 0 Å². The molecule has 0 aromatic heterocycles. The van der Waals surface area contributed by atoms with E-state index in [-0.39, 0.29) is 5.60 Å². The van der Waals surface area contributed by atoms with Crippen molar-refractivity contribution >= 4 is 11.8 Å². The lowest BCUT2D eigenvalue weighted by molar-refractivity contribution is 0.0149. The molecule has 0 spiro atoms. The van der Waals surface area contributed by atoms with Crippen LogP contribution in [0.25, 0.3) is 0 Å². The van der Waals surface area contributed by atoms with Crippen LogP contribution < -0.4 is 0 Å². The Morgan fingerprint density at radius 2 is 1.65 bits per heavy atom. The summed E-state index contributed by atoms with van der Waals surface area (Å²) in [6.07, 6.45) is 5.86. The summed E-state index contributed by atoms with van der Waals surface area (Å²) < 4.78 is 5.18. The van der Waals surface area contributed by atoms with Gasteiger partial charge in [-0.3, -0.25) is 0 Å². The minimum Gasteiger partial charge on any atom is -0.379 e. The predicted octanol–water partition coefficient (Wildman–Crippen LogP) is 5.63. The summed E-state index contributed by atoms with van der Waals surface area (Å²) in [5.74, 6) is 2.20. The van der Waals surface area contributed by atoms with Crippen LogP contribution in [0.2, 0.25) is 0 Å². The van der Waals surface area contributed by atoms with Gasteiger partial charge in [-0.05, 0) is 44.6 Å². The maximum atomic E-state index is 5.18. The molecule has 0 aliphatic rings. The summed E-state index contributed by atoms with van der Waals surface area (Å²) in [6.45, 7) is 14.9. The van der Waals surface area contributed by atoms with Crippen molar-refractivity contribution < 1.29 is 4.74 Å². The van der Waals surface area contributed by atoms with Crippen molar-refractivity contribution in [2.45, 2.75) is 73.3 Å². The highest BCUT2D eigenvalue weighted by atomic mass is 32.2. The molecule has 0 heterocycles. The monoisotopic (exact) mass is 264 g/mol. The van der Waals surface area contributed by atoms with Crippen LogP contribution in [0.4, 0.5) is 0 Å². The van der Waals surface area contributed by atoms with Crippen molar-refractivity contribution in [1.29, 1.82) is 0 Å². The molecular weight excluding hydrogens is 228 g/mol. The molecule has 0 aromatic rings. The topological polar surface area (TPSA) is 9.23 Å². The molecule has 0 rings (SSSR count). The molecular formula is C15H36OS. The molecule has 0 fully saturated rings. The Kier molecular flexibility index (Phi) is 21.6. The summed E-state index contributed by atoms with van der Waals surface area (Å²) in [5.41, 5.74) is 0.0920. The third-order valence-electron chi connectivity index (χ3n) is 2.30. The molecule has 0 unspecified atom stereocenters. The Hall–Kier alpha value is 0.310. The number of hydrogen-bond acceptors (Lipinski definition) is 2. The van der Waals surface area contributed by atoms with E-state index in [0.717, 1.165) is 12.3 Å². The van der Waals surface area contributed by atoms with Crippen LogP contribution in [0.3, 0.4) is 0 Å². The number of methoxy groups -OCH3 is 1. The van der Waals surface area contributed by atoms with Gasteiger partial charge < -0.3 is 4.74 Å². The van der Waals surface area contributed by atoms with Gasteiger partial charge in [-0.1, -0.05) is 41.0 Å². The van der Waals surface area contributed by atoms with Crippen LogP contribution >= 0.6 is 11.8 Å². The lowest BCUT2D eigenvalue weighted by Crippen LogP contribution is -2.21. The summed E-state index contributed by atoms with van der Waals surface area (Å²) in [6, 6.07) is 0. The Morgan fingerprint density at radius 1 is 1.18 bits per heavy atom.